The average molecular weight is 287 g/mol. The fourth-order valence-corrected chi connectivity index (χ4v) is 2.04. The van der Waals surface area contributed by atoms with Crippen molar-refractivity contribution in [2.75, 3.05) is 6.54 Å². The van der Waals surface area contributed by atoms with Gasteiger partial charge in [0.25, 0.3) is 5.91 Å². The number of rotatable bonds is 6. The molecule has 21 heavy (non-hydrogen) atoms. The molecule has 1 aromatic carbocycles. The zero-order valence-electron chi connectivity index (χ0n) is 12.4. The van der Waals surface area contributed by atoms with Gasteiger partial charge in [-0.05, 0) is 24.5 Å². The Morgan fingerprint density at radius 1 is 1.38 bits per heavy atom. The topological polar surface area (TPSA) is 85.8 Å². The predicted octanol–water partition coefficient (Wildman–Crippen LogP) is 1.29. The van der Waals surface area contributed by atoms with Gasteiger partial charge in [0.1, 0.15) is 0 Å². The number of carbonyl (C=O) groups is 1. The van der Waals surface area contributed by atoms with E-state index >= 15 is 0 Å². The first kappa shape index (κ1) is 15.2. The molecule has 0 fully saturated rings. The maximum absolute atomic E-state index is 12.1. The molecule has 2 aromatic rings. The Labute approximate surface area is 124 Å². The Kier molecular flexibility index (Phi) is 5.05. The van der Waals surface area contributed by atoms with Crippen LogP contribution in [0.5, 0.6) is 0 Å². The Morgan fingerprint density at radius 2 is 2.10 bits per heavy atom. The van der Waals surface area contributed by atoms with Crippen LogP contribution in [0.25, 0.3) is 0 Å². The van der Waals surface area contributed by atoms with Crippen molar-refractivity contribution in [2.24, 2.45) is 5.73 Å². The van der Waals surface area contributed by atoms with E-state index in [1.165, 1.54) is 5.56 Å². The minimum atomic E-state index is -0.231. The lowest BCUT2D eigenvalue weighted by Crippen LogP contribution is -2.27. The fourth-order valence-electron chi connectivity index (χ4n) is 2.04. The number of hydrogen-bond donors (Lipinski definition) is 2. The number of carbonyl (C=O) groups excluding carboxylic acids is 1. The molecule has 1 aromatic heterocycles. The smallest absolute Gasteiger partial charge is 0.273 e. The first-order valence-corrected chi connectivity index (χ1v) is 7.14. The van der Waals surface area contributed by atoms with E-state index in [1.807, 2.05) is 19.1 Å². The molecule has 6 heteroatoms. The SMILES string of the molecule is CCc1ccc(C(C)NC(=O)c2cn(CCN)nn2)cc1. The minimum Gasteiger partial charge on any atom is -0.344 e. The van der Waals surface area contributed by atoms with Crippen molar-refractivity contribution >= 4 is 5.91 Å². The van der Waals surface area contributed by atoms with Crippen LogP contribution in [0.1, 0.15) is 41.5 Å². The number of amides is 1. The lowest BCUT2D eigenvalue weighted by atomic mass is 10.0. The third kappa shape index (κ3) is 3.88. The van der Waals surface area contributed by atoms with Gasteiger partial charge in [0.15, 0.2) is 5.69 Å². The van der Waals surface area contributed by atoms with E-state index in [-0.39, 0.29) is 11.9 Å². The van der Waals surface area contributed by atoms with Crippen LogP contribution in [-0.2, 0) is 13.0 Å². The van der Waals surface area contributed by atoms with Gasteiger partial charge in [-0.15, -0.1) is 5.10 Å². The van der Waals surface area contributed by atoms with E-state index in [9.17, 15) is 4.79 Å². The van der Waals surface area contributed by atoms with E-state index in [2.05, 4.69) is 34.7 Å². The number of nitrogens with one attached hydrogen (secondary N) is 1. The van der Waals surface area contributed by atoms with Crippen molar-refractivity contribution in [3.05, 3.63) is 47.3 Å². The van der Waals surface area contributed by atoms with Crippen molar-refractivity contribution < 1.29 is 4.79 Å². The summed E-state index contributed by atoms with van der Waals surface area (Å²) in [6.45, 7) is 5.08. The standard InChI is InChI=1S/C15H21N5O/c1-3-12-4-6-13(7-5-12)11(2)17-15(21)14-10-20(9-8-16)19-18-14/h4-7,10-11H,3,8-9,16H2,1-2H3,(H,17,21). The summed E-state index contributed by atoms with van der Waals surface area (Å²) < 4.78 is 1.57. The summed E-state index contributed by atoms with van der Waals surface area (Å²) in [5.74, 6) is -0.231. The highest BCUT2D eigenvalue weighted by atomic mass is 16.2. The van der Waals surface area contributed by atoms with Crippen LogP contribution in [-0.4, -0.2) is 27.4 Å². The summed E-state index contributed by atoms with van der Waals surface area (Å²) >= 11 is 0. The maximum Gasteiger partial charge on any atom is 0.273 e. The predicted molar refractivity (Wildman–Crippen MR) is 80.8 cm³/mol. The quantitative estimate of drug-likeness (QED) is 0.838. The monoisotopic (exact) mass is 287 g/mol. The van der Waals surface area contributed by atoms with Crippen LogP contribution in [0, 0.1) is 0 Å². The number of nitrogens with two attached hydrogens (primary N) is 1. The molecule has 0 bridgehead atoms. The van der Waals surface area contributed by atoms with Gasteiger partial charge < -0.3 is 11.1 Å². The Morgan fingerprint density at radius 3 is 2.71 bits per heavy atom. The van der Waals surface area contributed by atoms with Crippen LogP contribution in [0.3, 0.4) is 0 Å². The third-order valence-electron chi connectivity index (χ3n) is 3.37. The molecule has 1 amide bonds. The van der Waals surface area contributed by atoms with Crippen molar-refractivity contribution in [2.45, 2.75) is 32.9 Å². The van der Waals surface area contributed by atoms with Crippen LogP contribution in [0.4, 0.5) is 0 Å². The molecule has 0 spiro atoms. The van der Waals surface area contributed by atoms with Gasteiger partial charge in [-0.2, -0.15) is 0 Å². The van der Waals surface area contributed by atoms with Gasteiger partial charge in [-0.25, -0.2) is 0 Å². The molecule has 0 saturated heterocycles. The highest BCUT2D eigenvalue weighted by Crippen LogP contribution is 2.14. The highest BCUT2D eigenvalue weighted by molar-refractivity contribution is 5.92. The number of aryl methyl sites for hydroxylation is 1. The molecule has 0 radical (unpaired) electrons. The molecule has 0 saturated carbocycles. The number of nitrogens with zero attached hydrogens (tertiary/aromatic N) is 3. The summed E-state index contributed by atoms with van der Waals surface area (Å²) in [6, 6.07) is 8.15. The molecule has 0 aliphatic rings. The highest BCUT2D eigenvalue weighted by Gasteiger charge is 2.14. The number of hydrogen-bond acceptors (Lipinski definition) is 4. The fraction of sp³-hybridized carbons (Fsp3) is 0.400. The van der Waals surface area contributed by atoms with Crippen LogP contribution in [0.15, 0.2) is 30.5 Å². The van der Waals surface area contributed by atoms with Gasteiger partial charge in [0.05, 0.1) is 18.8 Å². The van der Waals surface area contributed by atoms with E-state index in [0.29, 0.717) is 18.8 Å². The molecule has 1 unspecified atom stereocenters. The van der Waals surface area contributed by atoms with Crippen LogP contribution >= 0.6 is 0 Å². The molecule has 0 aliphatic heterocycles. The second-order valence-corrected chi connectivity index (χ2v) is 4.95. The van der Waals surface area contributed by atoms with Crippen molar-refractivity contribution in [3.63, 3.8) is 0 Å². The normalized spacial score (nSPS) is 12.1. The zero-order chi connectivity index (χ0) is 15.2. The van der Waals surface area contributed by atoms with Gasteiger partial charge >= 0.3 is 0 Å². The molecule has 0 aliphatic carbocycles. The molecule has 6 nitrogen and oxygen atoms in total. The second-order valence-electron chi connectivity index (χ2n) is 4.95. The molecule has 2 rings (SSSR count). The van der Waals surface area contributed by atoms with E-state index < -0.39 is 0 Å². The summed E-state index contributed by atoms with van der Waals surface area (Å²) in [5, 5.41) is 10.6. The number of benzene rings is 1. The van der Waals surface area contributed by atoms with E-state index in [0.717, 1.165) is 12.0 Å². The summed E-state index contributed by atoms with van der Waals surface area (Å²) in [4.78, 5) is 12.1. The van der Waals surface area contributed by atoms with E-state index in [4.69, 9.17) is 5.73 Å². The van der Waals surface area contributed by atoms with Crippen molar-refractivity contribution in [1.29, 1.82) is 0 Å². The zero-order valence-corrected chi connectivity index (χ0v) is 12.4. The Bertz CT molecular complexity index is 590. The molecule has 1 heterocycles. The number of aromatic nitrogens is 3. The first-order valence-electron chi connectivity index (χ1n) is 7.14. The minimum absolute atomic E-state index is 0.0805. The third-order valence-corrected chi connectivity index (χ3v) is 3.37. The Balaban J connectivity index is 1.99. The lowest BCUT2D eigenvalue weighted by Gasteiger charge is -2.13. The molecule has 3 N–H and O–H groups in total. The lowest BCUT2D eigenvalue weighted by molar-refractivity contribution is 0.0934. The van der Waals surface area contributed by atoms with Crippen LogP contribution in [0.2, 0.25) is 0 Å². The van der Waals surface area contributed by atoms with Crippen LogP contribution < -0.4 is 11.1 Å². The molecular weight excluding hydrogens is 266 g/mol. The summed E-state index contributed by atoms with van der Waals surface area (Å²) in [5.41, 5.74) is 8.09. The summed E-state index contributed by atoms with van der Waals surface area (Å²) in [7, 11) is 0. The van der Waals surface area contributed by atoms with Crippen molar-refractivity contribution in [3.8, 4) is 0 Å². The second kappa shape index (κ2) is 6.99. The van der Waals surface area contributed by atoms with Crippen molar-refractivity contribution in [1.82, 2.24) is 20.3 Å². The molecule has 1 atom stereocenters. The summed E-state index contributed by atoms with van der Waals surface area (Å²) in [6.07, 6.45) is 2.61. The van der Waals surface area contributed by atoms with Gasteiger partial charge in [-0.1, -0.05) is 36.4 Å². The molecular formula is C15H21N5O. The van der Waals surface area contributed by atoms with Gasteiger partial charge in [0, 0.05) is 6.54 Å². The van der Waals surface area contributed by atoms with Gasteiger partial charge in [-0.3, -0.25) is 9.48 Å². The van der Waals surface area contributed by atoms with Gasteiger partial charge in [0.2, 0.25) is 0 Å². The van der Waals surface area contributed by atoms with E-state index in [1.54, 1.807) is 10.9 Å². The Hall–Kier alpha value is -2.21. The largest absolute Gasteiger partial charge is 0.344 e. The first-order chi connectivity index (χ1) is 10.1. The average Bonchev–Trinajstić information content (AvgIpc) is 2.96. The molecule has 112 valence electrons. The maximum atomic E-state index is 12.1.